The van der Waals surface area contributed by atoms with Gasteiger partial charge in [0.25, 0.3) is 5.91 Å². The first kappa shape index (κ1) is 30.5. The van der Waals surface area contributed by atoms with Gasteiger partial charge in [0.15, 0.2) is 0 Å². The van der Waals surface area contributed by atoms with Crippen molar-refractivity contribution in [2.75, 3.05) is 39.9 Å². The smallest absolute Gasteiger partial charge is 0.252 e. The number of hydrogen-bond acceptors (Lipinski definition) is 7. The second-order valence-electron chi connectivity index (χ2n) is 10.9. The quantitative estimate of drug-likeness (QED) is 0.356. The van der Waals surface area contributed by atoms with E-state index in [4.69, 9.17) is 15.2 Å². The molecule has 1 saturated carbocycles. The number of methoxy groups -OCH3 is 1. The molecule has 0 radical (unpaired) electrons. The fraction of sp³-hybridized carbons (Fsp3) is 0.567. The van der Waals surface area contributed by atoms with Gasteiger partial charge >= 0.3 is 0 Å². The first-order valence-corrected chi connectivity index (χ1v) is 15.7. The number of morpholine rings is 1. The molecule has 1 aliphatic heterocycles. The van der Waals surface area contributed by atoms with Crippen LogP contribution in [0.4, 0.5) is 0 Å². The molecule has 1 saturated heterocycles. The standard InChI is InChI=1S/C30H43N3O6S/c1-38-27-13-15-28(16-14-27)40(36,37)32(19-24-10-5-6-11-24)20-26(34)21-33-25(18-23-8-3-2-4-9-23)22-39-29(30(33)35)12-7-17-31/h2-4,8-9,13-16,24-26,29,34H,5-7,10-12,17-22,31H2,1H3/t25-,26+,29+/m0/s1. The zero-order chi connectivity index (χ0) is 28.5. The van der Waals surface area contributed by atoms with Gasteiger partial charge in [0, 0.05) is 19.6 Å². The van der Waals surface area contributed by atoms with Gasteiger partial charge in [-0.1, -0.05) is 43.2 Å². The molecule has 220 valence electrons. The molecule has 1 heterocycles. The molecule has 2 aliphatic rings. The molecular weight excluding hydrogens is 530 g/mol. The van der Waals surface area contributed by atoms with Crippen molar-refractivity contribution in [2.45, 2.75) is 68.1 Å². The van der Waals surface area contributed by atoms with E-state index >= 15 is 0 Å². The first-order valence-electron chi connectivity index (χ1n) is 14.3. The Morgan fingerprint density at radius 1 is 1.12 bits per heavy atom. The van der Waals surface area contributed by atoms with Crippen LogP contribution in [0.1, 0.15) is 44.1 Å². The van der Waals surface area contributed by atoms with E-state index in [-0.39, 0.29) is 35.9 Å². The van der Waals surface area contributed by atoms with Crippen LogP contribution < -0.4 is 10.5 Å². The van der Waals surface area contributed by atoms with Gasteiger partial charge in [0.1, 0.15) is 11.9 Å². The predicted molar refractivity (Wildman–Crippen MR) is 153 cm³/mol. The van der Waals surface area contributed by atoms with Crippen molar-refractivity contribution in [2.24, 2.45) is 11.7 Å². The number of carbonyl (C=O) groups is 1. The maximum Gasteiger partial charge on any atom is 0.252 e. The minimum atomic E-state index is -3.87. The molecule has 2 aromatic carbocycles. The highest BCUT2D eigenvalue weighted by Gasteiger charge is 2.38. The van der Waals surface area contributed by atoms with Crippen LogP contribution in [0.5, 0.6) is 5.75 Å². The third-order valence-electron chi connectivity index (χ3n) is 7.93. The Bertz CT molecular complexity index is 1170. The number of ether oxygens (including phenoxy) is 2. The molecule has 1 amide bonds. The minimum absolute atomic E-state index is 0.0259. The lowest BCUT2D eigenvalue weighted by atomic mass is 10.0. The molecule has 2 aromatic rings. The SMILES string of the molecule is COc1ccc(S(=O)(=O)N(CC2CCCC2)C[C@@H](O)CN2C(=O)[C@@H](CCCN)OC[C@@H]2Cc2ccccc2)cc1. The molecular formula is C30H43N3O6S. The summed E-state index contributed by atoms with van der Waals surface area (Å²) in [6.45, 7) is 1.08. The largest absolute Gasteiger partial charge is 0.497 e. The Balaban J connectivity index is 1.53. The monoisotopic (exact) mass is 573 g/mol. The molecule has 0 bridgehead atoms. The molecule has 0 spiro atoms. The first-order chi connectivity index (χ1) is 19.3. The molecule has 2 fully saturated rings. The Kier molecular flexibility index (Phi) is 11.0. The number of hydrogen-bond donors (Lipinski definition) is 2. The number of β-amino-alcohol motifs (C(OH)–C–C–N with tert-alkyl or cyclic N) is 1. The number of aliphatic hydroxyl groups excluding tert-OH is 1. The van der Waals surface area contributed by atoms with Crippen LogP contribution in [0.2, 0.25) is 0 Å². The molecule has 4 rings (SSSR count). The average molecular weight is 574 g/mol. The van der Waals surface area contributed by atoms with E-state index in [2.05, 4.69) is 0 Å². The molecule has 3 N–H and O–H groups in total. The molecule has 0 aromatic heterocycles. The van der Waals surface area contributed by atoms with Crippen LogP contribution >= 0.6 is 0 Å². The third kappa shape index (κ3) is 7.82. The van der Waals surface area contributed by atoms with E-state index in [1.54, 1.807) is 17.0 Å². The van der Waals surface area contributed by atoms with Crippen molar-refractivity contribution in [3.05, 3.63) is 60.2 Å². The van der Waals surface area contributed by atoms with E-state index in [1.165, 1.54) is 23.5 Å². The maximum atomic E-state index is 13.7. The number of amides is 1. The van der Waals surface area contributed by atoms with Crippen molar-refractivity contribution in [3.8, 4) is 5.75 Å². The van der Waals surface area contributed by atoms with E-state index in [0.717, 1.165) is 31.2 Å². The van der Waals surface area contributed by atoms with Gasteiger partial charge in [-0.25, -0.2) is 8.42 Å². The summed E-state index contributed by atoms with van der Waals surface area (Å²) < 4.78 is 40.0. The number of nitrogens with zero attached hydrogens (tertiary/aromatic N) is 2. The van der Waals surface area contributed by atoms with Crippen molar-refractivity contribution >= 4 is 15.9 Å². The van der Waals surface area contributed by atoms with Crippen molar-refractivity contribution in [1.29, 1.82) is 0 Å². The molecule has 9 nitrogen and oxygen atoms in total. The highest BCUT2D eigenvalue weighted by molar-refractivity contribution is 7.89. The Morgan fingerprint density at radius 2 is 1.82 bits per heavy atom. The number of rotatable bonds is 14. The van der Waals surface area contributed by atoms with Crippen LogP contribution in [0, 0.1) is 5.92 Å². The summed E-state index contributed by atoms with van der Waals surface area (Å²) in [4.78, 5) is 15.4. The van der Waals surface area contributed by atoms with Gasteiger partial charge in [-0.2, -0.15) is 4.31 Å². The lowest BCUT2D eigenvalue weighted by Crippen LogP contribution is -2.57. The van der Waals surface area contributed by atoms with Gasteiger partial charge in [0.05, 0.1) is 30.8 Å². The number of nitrogens with two attached hydrogens (primary N) is 1. The second kappa shape index (κ2) is 14.4. The van der Waals surface area contributed by atoms with Gasteiger partial charge in [-0.05, 0) is 74.4 Å². The highest BCUT2D eigenvalue weighted by atomic mass is 32.2. The maximum absolute atomic E-state index is 13.7. The second-order valence-corrected chi connectivity index (χ2v) is 12.8. The van der Waals surface area contributed by atoms with Gasteiger partial charge in [-0.3, -0.25) is 4.79 Å². The fourth-order valence-electron chi connectivity index (χ4n) is 5.73. The van der Waals surface area contributed by atoms with Crippen LogP contribution in [0.25, 0.3) is 0 Å². The molecule has 1 aliphatic carbocycles. The lowest BCUT2D eigenvalue weighted by molar-refractivity contribution is -0.162. The van der Waals surface area contributed by atoms with Crippen molar-refractivity contribution in [3.63, 3.8) is 0 Å². The number of sulfonamides is 1. The number of aliphatic hydroxyl groups is 1. The zero-order valence-corrected chi connectivity index (χ0v) is 24.2. The van der Waals surface area contributed by atoms with E-state index in [0.29, 0.717) is 44.7 Å². The average Bonchev–Trinajstić information content (AvgIpc) is 3.48. The van der Waals surface area contributed by atoms with Gasteiger partial charge < -0.3 is 25.2 Å². The molecule has 40 heavy (non-hydrogen) atoms. The topological polar surface area (TPSA) is 122 Å². The Morgan fingerprint density at radius 3 is 2.48 bits per heavy atom. The Hall–Kier alpha value is -2.50. The highest BCUT2D eigenvalue weighted by Crippen LogP contribution is 2.29. The van der Waals surface area contributed by atoms with Crippen molar-refractivity contribution < 1.29 is 27.8 Å². The number of benzene rings is 2. The summed E-state index contributed by atoms with van der Waals surface area (Å²) in [5.74, 6) is 0.637. The van der Waals surface area contributed by atoms with Crippen LogP contribution in [0.3, 0.4) is 0 Å². The summed E-state index contributed by atoms with van der Waals surface area (Å²) in [5.41, 5.74) is 6.74. The zero-order valence-electron chi connectivity index (χ0n) is 23.4. The van der Waals surface area contributed by atoms with Crippen LogP contribution in [-0.2, 0) is 26.0 Å². The summed E-state index contributed by atoms with van der Waals surface area (Å²) in [6.07, 6.45) is 4.17. The Labute approximate surface area is 238 Å². The van der Waals surface area contributed by atoms with E-state index in [1.807, 2.05) is 30.3 Å². The summed E-state index contributed by atoms with van der Waals surface area (Å²) in [6, 6.07) is 15.9. The molecule has 3 atom stereocenters. The normalized spacial score (nSPS) is 21.2. The van der Waals surface area contributed by atoms with Crippen LogP contribution in [-0.4, -0.2) is 86.8 Å². The lowest BCUT2D eigenvalue weighted by Gasteiger charge is -2.41. The van der Waals surface area contributed by atoms with E-state index < -0.39 is 22.2 Å². The fourth-order valence-corrected chi connectivity index (χ4v) is 7.28. The molecule has 10 heteroatoms. The van der Waals surface area contributed by atoms with Gasteiger partial charge in [-0.15, -0.1) is 0 Å². The molecule has 0 unspecified atom stereocenters. The summed E-state index contributed by atoms with van der Waals surface area (Å²) in [7, 11) is -2.34. The van der Waals surface area contributed by atoms with Gasteiger partial charge in [0.2, 0.25) is 10.0 Å². The third-order valence-corrected chi connectivity index (χ3v) is 9.78. The van der Waals surface area contributed by atoms with Crippen LogP contribution in [0.15, 0.2) is 59.5 Å². The summed E-state index contributed by atoms with van der Waals surface area (Å²) in [5, 5.41) is 11.3. The minimum Gasteiger partial charge on any atom is -0.497 e. The predicted octanol–water partition coefficient (Wildman–Crippen LogP) is 2.81. The van der Waals surface area contributed by atoms with Crippen molar-refractivity contribution in [1.82, 2.24) is 9.21 Å². The summed E-state index contributed by atoms with van der Waals surface area (Å²) >= 11 is 0. The number of carbonyl (C=O) groups excluding carboxylic acids is 1. The van der Waals surface area contributed by atoms with E-state index in [9.17, 15) is 18.3 Å².